The number of carboxylic acid groups (broad SMARTS) is 1. The molecule has 254 valence electrons. The van der Waals surface area contributed by atoms with Gasteiger partial charge in [0.25, 0.3) is 0 Å². The standard InChI is InChI=1S/C13H25N5O4.C11H17N5O7/c1-4-14-10(19)6-16-12(21)8-18-13(22)7-17-11(20)5-15-9(2)3;17-6-12-1-7(18)13-2-8(19)14-3-9(20)15-4-10(21)16-5-11(22)23/h9,15H,4-8H2,1-3H3,(H,14,19)(H,16,21)(H,17,20)(H,18,22);6H,1-5H2,(H,12,17)(H,13,18)(H,14,19)(H,15,20)(H,16,21)(H,22,23). The first kappa shape index (κ1) is 41.8. The van der Waals surface area contributed by atoms with Gasteiger partial charge < -0.3 is 58.3 Å². The Morgan fingerprint density at radius 3 is 1.07 bits per heavy atom. The highest BCUT2D eigenvalue weighted by molar-refractivity contribution is 5.91. The first-order chi connectivity index (χ1) is 21.2. The van der Waals surface area contributed by atoms with E-state index in [2.05, 4.69) is 47.9 Å². The second-order valence-corrected chi connectivity index (χ2v) is 8.82. The van der Waals surface area contributed by atoms with Crippen LogP contribution in [0.3, 0.4) is 0 Å². The summed E-state index contributed by atoms with van der Waals surface area (Å²) in [5.41, 5.74) is 0. The Bertz CT molecular complexity index is 1040. The second kappa shape index (κ2) is 26.3. The van der Waals surface area contributed by atoms with Gasteiger partial charge in [-0.1, -0.05) is 13.8 Å². The summed E-state index contributed by atoms with van der Waals surface area (Å²) in [6.45, 7) is 3.50. The van der Waals surface area contributed by atoms with Crippen LogP contribution in [-0.2, 0) is 47.9 Å². The van der Waals surface area contributed by atoms with Gasteiger partial charge in [-0.05, 0) is 6.92 Å². The van der Waals surface area contributed by atoms with E-state index in [9.17, 15) is 47.9 Å². The topological polar surface area (TPSA) is 311 Å². The van der Waals surface area contributed by atoms with E-state index >= 15 is 0 Å². The van der Waals surface area contributed by atoms with E-state index in [0.717, 1.165) is 0 Å². The van der Waals surface area contributed by atoms with Crippen LogP contribution in [0.4, 0.5) is 0 Å². The molecule has 0 spiro atoms. The van der Waals surface area contributed by atoms with Crippen molar-refractivity contribution < 1.29 is 53.1 Å². The number of nitrogens with one attached hydrogen (secondary N) is 10. The molecule has 0 saturated carbocycles. The Kier molecular flexibility index (Phi) is 24.4. The fourth-order valence-corrected chi connectivity index (χ4v) is 2.38. The molecular weight excluding hydrogens is 604 g/mol. The molecule has 0 aromatic heterocycles. The predicted octanol–water partition coefficient (Wildman–Crippen LogP) is -7.25. The summed E-state index contributed by atoms with van der Waals surface area (Å²) in [6, 6.07) is 0.174. The summed E-state index contributed by atoms with van der Waals surface area (Å²) in [5.74, 6) is -5.36. The molecular formula is C24H42N10O11. The average Bonchev–Trinajstić information content (AvgIpc) is 2.99. The Morgan fingerprint density at radius 2 is 0.778 bits per heavy atom. The summed E-state index contributed by atoms with van der Waals surface area (Å²) >= 11 is 0. The van der Waals surface area contributed by atoms with Gasteiger partial charge in [0.05, 0.1) is 52.4 Å². The highest BCUT2D eigenvalue weighted by Crippen LogP contribution is 1.76. The van der Waals surface area contributed by atoms with Crippen LogP contribution >= 0.6 is 0 Å². The fraction of sp³-hybridized carbons (Fsp3) is 0.583. The van der Waals surface area contributed by atoms with Crippen LogP contribution in [0.5, 0.6) is 0 Å². The first-order valence-corrected chi connectivity index (χ1v) is 13.5. The third kappa shape index (κ3) is 29.9. The largest absolute Gasteiger partial charge is 0.480 e. The van der Waals surface area contributed by atoms with Crippen molar-refractivity contribution in [1.82, 2.24) is 53.2 Å². The molecule has 0 saturated heterocycles. The van der Waals surface area contributed by atoms with Gasteiger partial charge in [-0.3, -0.25) is 47.9 Å². The summed E-state index contributed by atoms with van der Waals surface area (Å²) in [6.07, 6.45) is 0.330. The van der Waals surface area contributed by atoms with Gasteiger partial charge in [0, 0.05) is 12.6 Å². The molecule has 0 heterocycles. The normalized spacial score (nSPS) is 9.60. The number of likely N-dealkylation sites (N-methyl/N-ethyl adjacent to an activating group) is 1. The van der Waals surface area contributed by atoms with Crippen LogP contribution < -0.4 is 53.2 Å². The van der Waals surface area contributed by atoms with Gasteiger partial charge in [-0.25, -0.2) is 0 Å². The van der Waals surface area contributed by atoms with E-state index in [4.69, 9.17) is 5.11 Å². The molecule has 9 amide bonds. The third-order valence-electron chi connectivity index (χ3n) is 4.50. The maximum Gasteiger partial charge on any atom is 0.322 e. The minimum atomic E-state index is -1.22. The number of carbonyl (C=O) groups is 10. The summed E-state index contributed by atoms with van der Waals surface area (Å²) < 4.78 is 0. The summed E-state index contributed by atoms with van der Waals surface area (Å²) in [5, 5.41) is 31.6. The highest BCUT2D eigenvalue weighted by Gasteiger charge is 2.10. The van der Waals surface area contributed by atoms with Crippen molar-refractivity contribution >= 4 is 59.6 Å². The van der Waals surface area contributed by atoms with Gasteiger partial charge in [0.1, 0.15) is 6.54 Å². The molecule has 0 unspecified atom stereocenters. The lowest BCUT2D eigenvalue weighted by molar-refractivity contribution is -0.138. The van der Waals surface area contributed by atoms with E-state index in [-0.39, 0.29) is 57.1 Å². The first-order valence-electron chi connectivity index (χ1n) is 13.5. The van der Waals surface area contributed by atoms with Crippen LogP contribution in [-0.4, -0.2) is 136 Å². The van der Waals surface area contributed by atoms with Crippen molar-refractivity contribution in [1.29, 1.82) is 0 Å². The monoisotopic (exact) mass is 646 g/mol. The van der Waals surface area contributed by atoms with Crippen molar-refractivity contribution in [2.75, 3.05) is 65.4 Å². The molecule has 0 rings (SSSR count). The van der Waals surface area contributed by atoms with Crippen molar-refractivity contribution in [3.05, 3.63) is 0 Å². The second-order valence-electron chi connectivity index (χ2n) is 8.82. The Hall–Kier alpha value is -5.34. The molecule has 45 heavy (non-hydrogen) atoms. The molecule has 0 fully saturated rings. The molecule has 0 aromatic rings. The van der Waals surface area contributed by atoms with Crippen LogP contribution in [0.2, 0.25) is 0 Å². The van der Waals surface area contributed by atoms with E-state index in [0.29, 0.717) is 13.0 Å². The van der Waals surface area contributed by atoms with E-state index < -0.39 is 61.0 Å². The average molecular weight is 647 g/mol. The minimum absolute atomic E-state index is 0.123. The van der Waals surface area contributed by atoms with Gasteiger partial charge in [-0.2, -0.15) is 0 Å². The SMILES string of the molecule is CCNC(=O)CNC(=O)CNC(=O)CNC(=O)CNC(C)C.O=CNCC(=O)NCC(=O)NCC(=O)NCC(=O)NCC(=O)O. The molecule has 0 atom stereocenters. The number of carboxylic acids is 1. The quantitative estimate of drug-likeness (QED) is 0.0518. The highest BCUT2D eigenvalue weighted by atomic mass is 16.4. The van der Waals surface area contributed by atoms with Crippen molar-refractivity contribution in [2.24, 2.45) is 0 Å². The van der Waals surface area contributed by atoms with Crippen LogP contribution in [0.15, 0.2) is 0 Å². The lowest BCUT2D eigenvalue weighted by atomic mass is 10.4. The molecule has 0 aliphatic carbocycles. The van der Waals surface area contributed by atoms with E-state index in [1.165, 1.54) is 0 Å². The predicted molar refractivity (Wildman–Crippen MR) is 155 cm³/mol. The molecule has 11 N–H and O–H groups in total. The molecule has 0 bridgehead atoms. The lowest BCUT2D eigenvalue weighted by Crippen LogP contribution is -2.45. The smallest absolute Gasteiger partial charge is 0.322 e. The number of carbonyl (C=O) groups excluding carboxylic acids is 9. The lowest BCUT2D eigenvalue weighted by Gasteiger charge is -2.09. The Balaban J connectivity index is 0. The molecule has 0 aliphatic heterocycles. The number of hydrogen-bond acceptors (Lipinski definition) is 11. The molecule has 0 aliphatic rings. The van der Waals surface area contributed by atoms with E-state index in [1.807, 2.05) is 19.2 Å². The van der Waals surface area contributed by atoms with Gasteiger partial charge in [0.2, 0.25) is 53.7 Å². The van der Waals surface area contributed by atoms with Crippen LogP contribution in [0.25, 0.3) is 0 Å². The van der Waals surface area contributed by atoms with E-state index in [1.54, 1.807) is 6.92 Å². The number of aliphatic carboxylic acids is 1. The van der Waals surface area contributed by atoms with Crippen LogP contribution in [0, 0.1) is 0 Å². The number of hydrogen-bond donors (Lipinski definition) is 11. The molecule has 0 radical (unpaired) electrons. The number of amides is 9. The zero-order valence-corrected chi connectivity index (χ0v) is 25.3. The van der Waals surface area contributed by atoms with Gasteiger partial charge in [0.15, 0.2) is 0 Å². The Labute approximate surface area is 258 Å². The summed E-state index contributed by atoms with van der Waals surface area (Å²) in [7, 11) is 0. The summed E-state index contributed by atoms with van der Waals surface area (Å²) in [4.78, 5) is 110. The van der Waals surface area contributed by atoms with Gasteiger partial charge >= 0.3 is 5.97 Å². The Morgan fingerprint density at radius 1 is 0.489 bits per heavy atom. The maximum atomic E-state index is 11.4. The van der Waals surface area contributed by atoms with Crippen molar-refractivity contribution in [3.8, 4) is 0 Å². The number of rotatable bonds is 21. The van der Waals surface area contributed by atoms with Crippen molar-refractivity contribution in [3.63, 3.8) is 0 Å². The fourth-order valence-electron chi connectivity index (χ4n) is 2.38. The zero-order chi connectivity index (χ0) is 34.6. The van der Waals surface area contributed by atoms with Crippen molar-refractivity contribution in [2.45, 2.75) is 26.8 Å². The maximum absolute atomic E-state index is 11.4. The minimum Gasteiger partial charge on any atom is -0.480 e. The molecule has 0 aromatic carbocycles. The molecule has 21 heteroatoms. The third-order valence-corrected chi connectivity index (χ3v) is 4.50. The van der Waals surface area contributed by atoms with Crippen LogP contribution in [0.1, 0.15) is 20.8 Å². The molecule has 21 nitrogen and oxygen atoms in total. The van der Waals surface area contributed by atoms with Gasteiger partial charge in [-0.15, -0.1) is 0 Å². The zero-order valence-electron chi connectivity index (χ0n) is 25.3.